The number of halogens is 1. The van der Waals surface area contributed by atoms with Gasteiger partial charge in [0.15, 0.2) is 0 Å². The van der Waals surface area contributed by atoms with Gasteiger partial charge in [0.05, 0.1) is 18.0 Å². The van der Waals surface area contributed by atoms with Crippen LogP contribution >= 0.6 is 12.4 Å². The van der Waals surface area contributed by atoms with E-state index in [1.54, 1.807) is 6.07 Å². The Morgan fingerprint density at radius 1 is 1.36 bits per heavy atom. The topological polar surface area (TPSA) is 59.1 Å². The summed E-state index contributed by atoms with van der Waals surface area (Å²) in [4.78, 5) is 4.03. The van der Waals surface area contributed by atoms with E-state index in [4.69, 9.17) is 10.8 Å². The lowest BCUT2D eigenvalue weighted by Crippen LogP contribution is -2.01. The molecule has 11 heavy (non-hydrogen) atoms. The highest BCUT2D eigenvalue weighted by Crippen LogP contribution is 1.97. The van der Waals surface area contributed by atoms with Gasteiger partial charge in [-0.15, -0.1) is 12.4 Å². The minimum Gasteiger partial charge on any atom is -0.390 e. The summed E-state index contributed by atoms with van der Waals surface area (Å²) in [5.41, 5.74) is 6.81. The number of nitrogens with two attached hydrogens (primary N) is 1. The van der Waals surface area contributed by atoms with Crippen molar-refractivity contribution in [2.24, 2.45) is 5.73 Å². The SMILES string of the molecule is Cl.NCc1cccc(CO)n1. The van der Waals surface area contributed by atoms with E-state index in [1.165, 1.54) is 0 Å². The van der Waals surface area contributed by atoms with Gasteiger partial charge in [-0.1, -0.05) is 6.07 Å². The molecule has 0 saturated carbocycles. The summed E-state index contributed by atoms with van der Waals surface area (Å²) in [6, 6.07) is 5.43. The van der Waals surface area contributed by atoms with Crippen molar-refractivity contribution in [3.05, 3.63) is 29.6 Å². The molecule has 0 spiro atoms. The highest BCUT2D eigenvalue weighted by atomic mass is 35.5. The molecule has 3 N–H and O–H groups in total. The molecule has 0 fully saturated rings. The molecule has 0 aliphatic rings. The van der Waals surface area contributed by atoms with E-state index >= 15 is 0 Å². The number of pyridine rings is 1. The number of aromatic nitrogens is 1. The Kier molecular flexibility index (Phi) is 4.77. The van der Waals surface area contributed by atoms with Crippen LogP contribution in [-0.2, 0) is 13.2 Å². The van der Waals surface area contributed by atoms with Crippen molar-refractivity contribution >= 4 is 12.4 Å². The number of hydrogen-bond donors (Lipinski definition) is 2. The molecule has 0 bridgehead atoms. The molecule has 1 aromatic heterocycles. The second kappa shape index (κ2) is 5.07. The number of hydrogen-bond acceptors (Lipinski definition) is 3. The predicted molar refractivity (Wildman–Crippen MR) is 45.3 cm³/mol. The third kappa shape index (κ3) is 2.84. The summed E-state index contributed by atoms with van der Waals surface area (Å²) in [7, 11) is 0. The molecule has 62 valence electrons. The Hall–Kier alpha value is -0.640. The van der Waals surface area contributed by atoms with Gasteiger partial charge < -0.3 is 10.8 Å². The smallest absolute Gasteiger partial charge is 0.0853 e. The minimum absolute atomic E-state index is 0. The van der Waals surface area contributed by atoms with Crippen molar-refractivity contribution < 1.29 is 5.11 Å². The monoisotopic (exact) mass is 174 g/mol. The van der Waals surface area contributed by atoms with E-state index in [0.29, 0.717) is 12.2 Å². The van der Waals surface area contributed by atoms with Crippen molar-refractivity contribution in [2.45, 2.75) is 13.2 Å². The molecule has 4 heteroatoms. The average Bonchev–Trinajstić information content (AvgIpc) is 2.05. The van der Waals surface area contributed by atoms with E-state index in [0.717, 1.165) is 5.69 Å². The first kappa shape index (κ1) is 10.4. The molecule has 0 atom stereocenters. The second-order valence-corrected chi connectivity index (χ2v) is 1.98. The van der Waals surface area contributed by atoms with Crippen molar-refractivity contribution in [3.63, 3.8) is 0 Å². The highest BCUT2D eigenvalue weighted by molar-refractivity contribution is 5.85. The number of rotatable bonds is 2. The van der Waals surface area contributed by atoms with Gasteiger partial charge in [0, 0.05) is 6.54 Å². The molecule has 0 radical (unpaired) electrons. The Bertz CT molecular complexity index is 198. The normalized spacial score (nSPS) is 8.91. The van der Waals surface area contributed by atoms with Crippen LogP contribution in [-0.4, -0.2) is 10.1 Å². The highest BCUT2D eigenvalue weighted by Gasteiger charge is 1.92. The summed E-state index contributed by atoms with van der Waals surface area (Å²) < 4.78 is 0. The Morgan fingerprint density at radius 2 is 2.00 bits per heavy atom. The van der Waals surface area contributed by atoms with Gasteiger partial charge in [0.1, 0.15) is 0 Å². The minimum atomic E-state index is -0.0200. The van der Waals surface area contributed by atoms with Gasteiger partial charge in [-0.3, -0.25) is 4.98 Å². The molecule has 3 nitrogen and oxygen atoms in total. The molecule has 0 saturated heterocycles. The molecule has 1 heterocycles. The fraction of sp³-hybridized carbons (Fsp3) is 0.286. The first-order chi connectivity index (χ1) is 4.86. The predicted octanol–water partition coefficient (Wildman–Crippen LogP) is 0.454. The van der Waals surface area contributed by atoms with Crippen LogP contribution in [0.4, 0.5) is 0 Å². The van der Waals surface area contributed by atoms with Crippen molar-refractivity contribution in [2.75, 3.05) is 0 Å². The van der Waals surface area contributed by atoms with Crippen LogP contribution in [0.15, 0.2) is 18.2 Å². The Balaban J connectivity index is 0.000001000. The maximum absolute atomic E-state index is 8.65. The average molecular weight is 175 g/mol. The molecule has 1 rings (SSSR count). The number of aliphatic hydroxyl groups excluding tert-OH is 1. The molecule has 0 aromatic carbocycles. The maximum Gasteiger partial charge on any atom is 0.0853 e. The zero-order valence-electron chi connectivity index (χ0n) is 6.03. The van der Waals surface area contributed by atoms with Crippen molar-refractivity contribution in [1.82, 2.24) is 4.98 Å². The van der Waals surface area contributed by atoms with Crippen LogP contribution in [0.3, 0.4) is 0 Å². The zero-order chi connectivity index (χ0) is 7.40. The third-order valence-electron chi connectivity index (χ3n) is 1.24. The molecular formula is C7H11ClN2O. The van der Waals surface area contributed by atoms with E-state index in [-0.39, 0.29) is 19.0 Å². The molecule has 0 amide bonds. The van der Waals surface area contributed by atoms with Gasteiger partial charge in [-0.05, 0) is 12.1 Å². The lowest BCUT2D eigenvalue weighted by atomic mass is 10.3. The third-order valence-corrected chi connectivity index (χ3v) is 1.24. The summed E-state index contributed by atoms with van der Waals surface area (Å²) in [6.07, 6.45) is 0. The molecule has 0 unspecified atom stereocenters. The van der Waals surface area contributed by atoms with Crippen LogP contribution in [0.5, 0.6) is 0 Å². The standard InChI is InChI=1S/C7H10N2O.ClH/c8-4-6-2-1-3-7(5-10)9-6;/h1-3,10H,4-5,8H2;1H. The molecule has 1 aromatic rings. The van der Waals surface area contributed by atoms with E-state index in [1.807, 2.05) is 12.1 Å². The zero-order valence-corrected chi connectivity index (χ0v) is 6.84. The fourth-order valence-corrected chi connectivity index (χ4v) is 0.731. The number of nitrogens with zero attached hydrogens (tertiary/aromatic N) is 1. The van der Waals surface area contributed by atoms with E-state index < -0.39 is 0 Å². The van der Waals surface area contributed by atoms with Crippen LogP contribution in [0.1, 0.15) is 11.4 Å². The first-order valence-corrected chi connectivity index (χ1v) is 3.12. The summed E-state index contributed by atoms with van der Waals surface area (Å²) in [6.45, 7) is 0.404. The second-order valence-electron chi connectivity index (χ2n) is 1.98. The summed E-state index contributed by atoms with van der Waals surface area (Å²) in [5, 5.41) is 8.65. The van der Waals surface area contributed by atoms with Crippen LogP contribution in [0.25, 0.3) is 0 Å². The maximum atomic E-state index is 8.65. The quantitative estimate of drug-likeness (QED) is 0.685. The van der Waals surface area contributed by atoms with Crippen LogP contribution in [0.2, 0.25) is 0 Å². The van der Waals surface area contributed by atoms with Crippen molar-refractivity contribution in [1.29, 1.82) is 0 Å². The van der Waals surface area contributed by atoms with Gasteiger partial charge >= 0.3 is 0 Å². The van der Waals surface area contributed by atoms with Crippen LogP contribution < -0.4 is 5.73 Å². The lowest BCUT2D eigenvalue weighted by Gasteiger charge is -1.97. The van der Waals surface area contributed by atoms with E-state index in [9.17, 15) is 0 Å². The summed E-state index contributed by atoms with van der Waals surface area (Å²) >= 11 is 0. The fourth-order valence-electron chi connectivity index (χ4n) is 0.731. The van der Waals surface area contributed by atoms with Gasteiger partial charge in [-0.25, -0.2) is 0 Å². The van der Waals surface area contributed by atoms with Gasteiger partial charge in [-0.2, -0.15) is 0 Å². The summed E-state index contributed by atoms with van der Waals surface area (Å²) in [5.74, 6) is 0. The van der Waals surface area contributed by atoms with E-state index in [2.05, 4.69) is 4.98 Å². The lowest BCUT2D eigenvalue weighted by molar-refractivity contribution is 0.276. The largest absolute Gasteiger partial charge is 0.390 e. The molecular weight excluding hydrogens is 164 g/mol. The van der Waals surface area contributed by atoms with Gasteiger partial charge in [0.25, 0.3) is 0 Å². The Labute approximate surface area is 71.7 Å². The van der Waals surface area contributed by atoms with Crippen molar-refractivity contribution in [3.8, 4) is 0 Å². The Morgan fingerprint density at radius 3 is 2.55 bits per heavy atom. The van der Waals surface area contributed by atoms with Crippen LogP contribution in [0, 0.1) is 0 Å². The number of aliphatic hydroxyl groups is 1. The van der Waals surface area contributed by atoms with Gasteiger partial charge in [0.2, 0.25) is 0 Å². The molecule has 0 aliphatic heterocycles. The first-order valence-electron chi connectivity index (χ1n) is 3.12. The molecule has 0 aliphatic carbocycles.